The molecule has 2 heteroatoms. The normalized spacial score (nSPS) is 15.8. The van der Waals surface area contributed by atoms with Crippen LogP contribution in [-0.2, 0) is 0 Å². The van der Waals surface area contributed by atoms with E-state index in [-0.39, 0.29) is 0 Å². The summed E-state index contributed by atoms with van der Waals surface area (Å²) >= 11 is 0. The first-order chi connectivity index (χ1) is 26.3. The van der Waals surface area contributed by atoms with E-state index in [1.54, 1.807) is 0 Å². The molecule has 10 aromatic rings. The van der Waals surface area contributed by atoms with Gasteiger partial charge in [-0.3, -0.25) is 0 Å². The molecular weight excluding hydrogens is 641 g/mol. The van der Waals surface area contributed by atoms with E-state index in [0.717, 1.165) is 11.4 Å². The molecule has 2 aliphatic rings. The van der Waals surface area contributed by atoms with Gasteiger partial charge in [0, 0.05) is 32.9 Å². The molecule has 0 bridgehead atoms. The minimum absolute atomic E-state index is 0.597. The van der Waals surface area contributed by atoms with Crippen molar-refractivity contribution in [2.24, 2.45) is 0 Å². The Morgan fingerprint density at radius 2 is 0.811 bits per heavy atom. The Balaban J connectivity index is 1.11. The van der Waals surface area contributed by atoms with Crippen LogP contribution in [0.1, 0.15) is 29.4 Å². The summed E-state index contributed by atoms with van der Waals surface area (Å²) in [6.07, 6.45) is 1.24. The number of benzene rings is 8. The number of fused-ring (bicyclic) bond motifs is 12. The maximum atomic E-state index is 2.45. The van der Waals surface area contributed by atoms with Crippen molar-refractivity contribution in [3.63, 3.8) is 0 Å². The van der Waals surface area contributed by atoms with Crippen LogP contribution in [0.4, 0.5) is 0 Å². The van der Waals surface area contributed by atoms with Crippen LogP contribution in [0.3, 0.4) is 0 Å². The van der Waals surface area contributed by atoms with Crippen LogP contribution in [0, 0.1) is 0 Å². The molecule has 8 aromatic carbocycles. The molecular formula is C51H34N2. The lowest BCUT2D eigenvalue weighted by Gasteiger charge is -2.22. The standard InChI is InChI=1S/C51H34N2/c1-2-16-39-38(15-1)44-22-12-21-37(51(44)46-31-45(39)46)33-14-11-13-32(27-33)34-28-35(52-47-23-7-3-17-40(47)41-18-4-8-24-48(41)52)30-36(29-34)53-49-25-9-5-19-42(49)43-20-6-10-26-50(43)53/h1-30,45-46H,31H2/t45?,46-/m0/s1. The lowest BCUT2D eigenvalue weighted by Crippen LogP contribution is -2.01. The highest BCUT2D eigenvalue weighted by Gasteiger charge is 2.46. The molecule has 2 atom stereocenters. The number of nitrogens with zero attached hydrogens (tertiary/aromatic N) is 2. The molecule has 0 N–H and O–H groups in total. The quantitative estimate of drug-likeness (QED) is 0.176. The number of aromatic nitrogens is 2. The second kappa shape index (κ2) is 10.9. The second-order valence-electron chi connectivity index (χ2n) is 14.9. The van der Waals surface area contributed by atoms with Gasteiger partial charge in [-0.1, -0.05) is 133 Å². The fourth-order valence-corrected chi connectivity index (χ4v) is 9.66. The molecule has 0 saturated heterocycles. The van der Waals surface area contributed by atoms with Crippen LogP contribution >= 0.6 is 0 Å². The van der Waals surface area contributed by atoms with E-state index in [2.05, 4.69) is 191 Å². The summed E-state index contributed by atoms with van der Waals surface area (Å²) in [5.41, 5.74) is 18.1. The largest absolute Gasteiger partial charge is 0.309 e. The van der Waals surface area contributed by atoms with Gasteiger partial charge in [-0.2, -0.15) is 0 Å². The maximum absolute atomic E-state index is 2.45. The Labute approximate surface area is 307 Å². The van der Waals surface area contributed by atoms with E-state index in [1.807, 2.05) is 0 Å². The van der Waals surface area contributed by atoms with Gasteiger partial charge in [0.15, 0.2) is 0 Å². The minimum Gasteiger partial charge on any atom is -0.309 e. The van der Waals surface area contributed by atoms with E-state index in [9.17, 15) is 0 Å². The van der Waals surface area contributed by atoms with Gasteiger partial charge < -0.3 is 9.13 Å². The molecule has 2 aromatic heterocycles. The van der Waals surface area contributed by atoms with E-state index in [0.29, 0.717) is 11.8 Å². The fraction of sp³-hybridized carbons (Fsp3) is 0.0588. The van der Waals surface area contributed by atoms with Crippen LogP contribution in [0.25, 0.3) is 88.4 Å². The molecule has 53 heavy (non-hydrogen) atoms. The summed E-state index contributed by atoms with van der Waals surface area (Å²) < 4.78 is 4.90. The highest BCUT2D eigenvalue weighted by atomic mass is 15.0. The van der Waals surface area contributed by atoms with E-state index >= 15 is 0 Å². The van der Waals surface area contributed by atoms with Gasteiger partial charge in [0.1, 0.15) is 0 Å². The van der Waals surface area contributed by atoms with E-state index < -0.39 is 0 Å². The summed E-state index contributed by atoms with van der Waals surface area (Å²) in [4.78, 5) is 0. The Hall–Kier alpha value is -6.64. The SMILES string of the molecule is c1cc(-c2cc(-n3c4ccccc4c4ccccc43)cc(-n3c4ccccc4c4ccccc43)c2)cc(-c2cccc3c2[C@H]2CC2c2ccccc2-3)c1. The van der Waals surface area contributed by atoms with Crippen LogP contribution in [0.5, 0.6) is 0 Å². The smallest absolute Gasteiger partial charge is 0.0541 e. The lowest BCUT2D eigenvalue weighted by atomic mass is 9.81. The Bertz CT molecular complexity index is 2880. The third kappa shape index (κ3) is 4.21. The number of para-hydroxylation sites is 4. The van der Waals surface area contributed by atoms with Gasteiger partial charge in [0.05, 0.1) is 22.1 Å². The van der Waals surface area contributed by atoms with Gasteiger partial charge in [-0.25, -0.2) is 0 Å². The fourth-order valence-electron chi connectivity index (χ4n) is 9.66. The highest BCUT2D eigenvalue weighted by Crippen LogP contribution is 2.63. The number of hydrogen-bond donors (Lipinski definition) is 0. The topological polar surface area (TPSA) is 9.86 Å². The Morgan fingerprint density at radius 3 is 1.42 bits per heavy atom. The Morgan fingerprint density at radius 1 is 0.340 bits per heavy atom. The molecule has 0 aliphatic heterocycles. The van der Waals surface area contributed by atoms with Crippen LogP contribution < -0.4 is 0 Å². The number of rotatable bonds is 4. The van der Waals surface area contributed by atoms with Gasteiger partial charge in [0.25, 0.3) is 0 Å². The predicted octanol–water partition coefficient (Wildman–Crippen LogP) is 13.5. The molecule has 12 rings (SSSR count). The minimum atomic E-state index is 0.597. The highest BCUT2D eigenvalue weighted by molar-refractivity contribution is 6.10. The second-order valence-corrected chi connectivity index (χ2v) is 14.9. The molecule has 1 saturated carbocycles. The average Bonchev–Trinajstić information content (AvgIpc) is 3.87. The Kier molecular flexibility index (Phi) is 5.98. The molecule has 1 fully saturated rings. The van der Waals surface area contributed by atoms with E-state index in [1.165, 1.54) is 94.5 Å². The van der Waals surface area contributed by atoms with Crippen molar-refractivity contribution in [2.75, 3.05) is 0 Å². The zero-order valence-corrected chi connectivity index (χ0v) is 29.1. The van der Waals surface area contributed by atoms with Gasteiger partial charge >= 0.3 is 0 Å². The maximum Gasteiger partial charge on any atom is 0.0541 e. The first-order valence-corrected chi connectivity index (χ1v) is 18.8. The first kappa shape index (κ1) is 29.0. The lowest BCUT2D eigenvalue weighted by molar-refractivity contribution is 1.01. The molecule has 2 aliphatic carbocycles. The zero-order valence-electron chi connectivity index (χ0n) is 29.1. The molecule has 2 nitrogen and oxygen atoms in total. The molecule has 0 amide bonds. The molecule has 1 unspecified atom stereocenters. The monoisotopic (exact) mass is 674 g/mol. The van der Waals surface area contributed by atoms with Gasteiger partial charge in [-0.15, -0.1) is 0 Å². The molecule has 248 valence electrons. The van der Waals surface area contributed by atoms with E-state index in [4.69, 9.17) is 0 Å². The summed E-state index contributed by atoms with van der Waals surface area (Å²) in [6.45, 7) is 0. The first-order valence-electron chi connectivity index (χ1n) is 18.8. The van der Waals surface area contributed by atoms with Crippen molar-refractivity contribution in [1.82, 2.24) is 9.13 Å². The van der Waals surface area contributed by atoms with Gasteiger partial charge in [-0.05, 0) is 111 Å². The van der Waals surface area contributed by atoms with Crippen LogP contribution in [0.15, 0.2) is 182 Å². The third-order valence-electron chi connectivity index (χ3n) is 12.0. The van der Waals surface area contributed by atoms with Crippen molar-refractivity contribution in [2.45, 2.75) is 18.3 Å². The predicted molar refractivity (Wildman–Crippen MR) is 222 cm³/mol. The molecule has 2 heterocycles. The van der Waals surface area contributed by atoms with Crippen molar-refractivity contribution in [3.8, 4) is 44.8 Å². The summed E-state index contributed by atoms with van der Waals surface area (Å²) in [7, 11) is 0. The molecule has 0 radical (unpaired) electrons. The van der Waals surface area contributed by atoms with Crippen molar-refractivity contribution in [3.05, 3.63) is 193 Å². The van der Waals surface area contributed by atoms with Crippen molar-refractivity contribution >= 4 is 43.6 Å². The average molecular weight is 675 g/mol. The van der Waals surface area contributed by atoms with Crippen LogP contribution in [0.2, 0.25) is 0 Å². The van der Waals surface area contributed by atoms with Crippen molar-refractivity contribution in [1.29, 1.82) is 0 Å². The summed E-state index contributed by atoms with van der Waals surface area (Å²) in [5, 5.41) is 5.07. The van der Waals surface area contributed by atoms with Crippen LogP contribution in [-0.4, -0.2) is 9.13 Å². The third-order valence-corrected chi connectivity index (χ3v) is 12.0. The van der Waals surface area contributed by atoms with Crippen molar-refractivity contribution < 1.29 is 0 Å². The van der Waals surface area contributed by atoms with Gasteiger partial charge in [0.2, 0.25) is 0 Å². The number of hydrogen-bond acceptors (Lipinski definition) is 0. The zero-order chi connectivity index (χ0) is 34.6. The summed E-state index contributed by atoms with van der Waals surface area (Å²) in [5.74, 6) is 1.24. The molecule has 0 spiro atoms. The summed E-state index contributed by atoms with van der Waals surface area (Å²) in [6, 6.07) is 67.6.